The molecule has 2 rings (SSSR count). The van der Waals surface area contributed by atoms with E-state index in [0.717, 1.165) is 10.8 Å². The van der Waals surface area contributed by atoms with Crippen molar-refractivity contribution in [1.29, 1.82) is 0 Å². The van der Waals surface area contributed by atoms with Crippen LogP contribution in [0.15, 0.2) is 42.5 Å². The number of ether oxygens (including phenoxy) is 1. The molecule has 2 aromatic rings. The Kier molecular flexibility index (Phi) is 6.52. The van der Waals surface area contributed by atoms with Crippen LogP contribution in [0.25, 0.3) is 10.8 Å². The second kappa shape index (κ2) is 7.91. The molecule has 0 aromatic heterocycles. The lowest BCUT2D eigenvalue weighted by molar-refractivity contribution is -0.124. The van der Waals surface area contributed by atoms with E-state index in [1.54, 1.807) is 12.1 Å². The normalized spacial score (nSPS) is 10.9. The molecule has 4 nitrogen and oxygen atoms in total. The number of alkyl halides is 2. The van der Waals surface area contributed by atoms with Crippen molar-refractivity contribution in [3.63, 3.8) is 0 Å². The second-order valence-corrected chi connectivity index (χ2v) is 4.63. The summed E-state index contributed by atoms with van der Waals surface area (Å²) < 4.78 is 31.0. The number of nitrogens with two attached hydrogens (primary N) is 1. The van der Waals surface area contributed by atoms with Gasteiger partial charge in [0.25, 0.3) is 11.8 Å². The molecule has 0 fully saturated rings. The molecule has 7 heteroatoms. The Bertz CT molecular complexity index is 638. The van der Waals surface area contributed by atoms with Crippen molar-refractivity contribution < 1.29 is 18.3 Å². The van der Waals surface area contributed by atoms with E-state index in [4.69, 9.17) is 10.5 Å². The molecular weight excluding hydrogens is 314 g/mol. The summed E-state index contributed by atoms with van der Waals surface area (Å²) in [6, 6.07) is 13.1. The lowest BCUT2D eigenvalue weighted by Crippen LogP contribution is -2.43. The van der Waals surface area contributed by atoms with Crippen LogP contribution in [-0.4, -0.2) is 31.5 Å². The molecule has 22 heavy (non-hydrogen) atoms. The highest BCUT2D eigenvalue weighted by Gasteiger charge is 2.27. The maximum atomic E-state index is 12.9. The number of fused-ring (bicyclic) bond motifs is 1. The molecule has 1 amide bonds. The van der Waals surface area contributed by atoms with Gasteiger partial charge < -0.3 is 15.8 Å². The molecular formula is C15H17ClF2N2O2. The summed E-state index contributed by atoms with van der Waals surface area (Å²) in [5.74, 6) is -3.20. The van der Waals surface area contributed by atoms with Crippen LogP contribution >= 0.6 is 12.4 Å². The largest absolute Gasteiger partial charge is 0.484 e. The van der Waals surface area contributed by atoms with Crippen molar-refractivity contribution in [2.45, 2.75) is 5.92 Å². The zero-order chi connectivity index (χ0) is 15.3. The minimum absolute atomic E-state index is 0. The van der Waals surface area contributed by atoms with Crippen LogP contribution in [0, 0.1) is 0 Å². The van der Waals surface area contributed by atoms with Crippen LogP contribution in [0.2, 0.25) is 0 Å². The molecule has 0 heterocycles. The number of hydrogen-bond donors (Lipinski definition) is 2. The van der Waals surface area contributed by atoms with Crippen molar-refractivity contribution in [3.05, 3.63) is 42.5 Å². The Hall–Kier alpha value is -1.92. The van der Waals surface area contributed by atoms with Crippen LogP contribution in [0.3, 0.4) is 0 Å². The van der Waals surface area contributed by atoms with Gasteiger partial charge in [-0.1, -0.05) is 30.3 Å². The van der Waals surface area contributed by atoms with Gasteiger partial charge >= 0.3 is 0 Å². The molecule has 0 spiro atoms. The molecule has 0 bridgehead atoms. The Morgan fingerprint density at radius 1 is 1.18 bits per heavy atom. The number of benzene rings is 2. The number of hydrogen-bond acceptors (Lipinski definition) is 3. The highest BCUT2D eigenvalue weighted by molar-refractivity contribution is 5.85. The van der Waals surface area contributed by atoms with E-state index in [-0.39, 0.29) is 19.0 Å². The third kappa shape index (κ3) is 5.13. The van der Waals surface area contributed by atoms with E-state index in [2.05, 4.69) is 5.32 Å². The molecule has 0 saturated heterocycles. The lowest BCUT2D eigenvalue weighted by atomic mass is 10.1. The summed E-state index contributed by atoms with van der Waals surface area (Å²) in [6.45, 7) is -1.92. The Labute approximate surface area is 133 Å². The summed E-state index contributed by atoms with van der Waals surface area (Å²) in [6.07, 6.45) is 0. The summed E-state index contributed by atoms with van der Waals surface area (Å²) in [5.41, 5.74) is 4.88. The smallest absolute Gasteiger partial charge is 0.277 e. The molecule has 3 N–H and O–H groups in total. The number of rotatable bonds is 6. The topological polar surface area (TPSA) is 64.3 Å². The molecule has 0 radical (unpaired) electrons. The predicted molar refractivity (Wildman–Crippen MR) is 83.7 cm³/mol. The molecule has 0 atom stereocenters. The third-order valence-electron chi connectivity index (χ3n) is 2.93. The van der Waals surface area contributed by atoms with Crippen molar-refractivity contribution in [2.24, 2.45) is 5.73 Å². The van der Waals surface area contributed by atoms with Gasteiger partial charge in [-0.05, 0) is 22.9 Å². The quantitative estimate of drug-likeness (QED) is 0.854. The minimum atomic E-state index is -3.10. The fraction of sp³-hybridized carbons (Fsp3) is 0.267. The van der Waals surface area contributed by atoms with Crippen LogP contribution in [0.1, 0.15) is 0 Å². The van der Waals surface area contributed by atoms with Crippen molar-refractivity contribution >= 4 is 29.1 Å². The highest BCUT2D eigenvalue weighted by Crippen LogP contribution is 2.20. The van der Waals surface area contributed by atoms with Gasteiger partial charge in [-0.2, -0.15) is 0 Å². The van der Waals surface area contributed by atoms with Crippen LogP contribution in [0.4, 0.5) is 8.78 Å². The van der Waals surface area contributed by atoms with Crippen molar-refractivity contribution in [3.8, 4) is 5.75 Å². The van der Waals surface area contributed by atoms with Gasteiger partial charge in [0, 0.05) is 0 Å². The molecule has 120 valence electrons. The highest BCUT2D eigenvalue weighted by atomic mass is 35.5. The van der Waals surface area contributed by atoms with Gasteiger partial charge in [-0.25, -0.2) is 8.78 Å². The number of halogens is 3. The van der Waals surface area contributed by atoms with Gasteiger partial charge in [-0.3, -0.25) is 4.79 Å². The summed E-state index contributed by atoms with van der Waals surface area (Å²) in [4.78, 5) is 11.4. The Balaban J connectivity index is 0.00000242. The monoisotopic (exact) mass is 330 g/mol. The van der Waals surface area contributed by atoms with Gasteiger partial charge in [-0.15, -0.1) is 12.4 Å². The summed E-state index contributed by atoms with van der Waals surface area (Å²) in [5, 5.41) is 4.12. The first kappa shape index (κ1) is 18.1. The predicted octanol–water partition coefficient (Wildman–Crippen LogP) is 2.35. The summed E-state index contributed by atoms with van der Waals surface area (Å²) in [7, 11) is 0. The fourth-order valence-corrected chi connectivity index (χ4v) is 1.76. The molecule has 2 aromatic carbocycles. The fourth-order valence-electron chi connectivity index (χ4n) is 1.76. The first-order valence-electron chi connectivity index (χ1n) is 6.46. The van der Waals surface area contributed by atoms with Crippen molar-refractivity contribution in [1.82, 2.24) is 5.32 Å². The van der Waals surface area contributed by atoms with Gasteiger partial charge in [0.05, 0.1) is 13.1 Å². The van der Waals surface area contributed by atoms with E-state index in [1.165, 1.54) is 0 Å². The zero-order valence-electron chi connectivity index (χ0n) is 11.7. The number of carbonyl (C=O) groups is 1. The average Bonchev–Trinajstić information content (AvgIpc) is 2.51. The molecule has 0 aliphatic heterocycles. The molecule has 0 saturated carbocycles. The van der Waals surface area contributed by atoms with E-state index in [1.807, 2.05) is 30.3 Å². The van der Waals surface area contributed by atoms with E-state index >= 15 is 0 Å². The Morgan fingerprint density at radius 2 is 1.86 bits per heavy atom. The standard InChI is InChI=1S/C15H16F2N2O2.ClH/c16-15(17,9-18)10-19-14(20)8-21-13-6-5-11-3-1-2-4-12(11)7-13;/h1-7H,8-10,18H2,(H,19,20);1H. The lowest BCUT2D eigenvalue weighted by Gasteiger charge is -2.14. The van der Waals surface area contributed by atoms with Crippen LogP contribution in [0.5, 0.6) is 5.75 Å². The maximum Gasteiger partial charge on any atom is 0.277 e. The van der Waals surface area contributed by atoms with Gasteiger partial charge in [0.1, 0.15) is 5.75 Å². The first-order valence-corrected chi connectivity index (χ1v) is 6.46. The Morgan fingerprint density at radius 3 is 2.55 bits per heavy atom. The van der Waals surface area contributed by atoms with Gasteiger partial charge in [0.2, 0.25) is 0 Å². The van der Waals surface area contributed by atoms with E-state index < -0.39 is 24.9 Å². The molecule has 0 unspecified atom stereocenters. The zero-order valence-corrected chi connectivity index (χ0v) is 12.5. The van der Waals surface area contributed by atoms with E-state index in [9.17, 15) is 13.6 Å². The van der Waals surface area contributed by atoms with Gasteiger partial charge in [0.15, 0.2) is 6.61 Å². The second-order valence-electron chi connectivity index (χ2n) is 4.63. The van der Waals surface area contributed by atoms with E-state index in [0.29, 0.717) is 5.75 Å². The number of amides is 1. The maximum absolute atomic E-state index is 12.9. The SMILES string of the molecule is Cl.NCC(F)(F)CNC(=O)COc1ccc2ccccc2c1. The minimum Gasteiger partial charge on any atom is -0.484 e. The first-order chi connectivity index (χ1) is 10.00. The third-order valence-corrected chi connectivity index (χ3v) is 2.93. The number of nitrogens with one attached hydrogen (secondary N) is 1. The molecule has 0 aliphatic rings. The van der Waals surface area contributed by atoms with Crippen LogP contribution in [-0.2, 0) is 4.79 Å². The number of carbonyl (C=O) groups excluding carboxylic acids is 1. The summed E-state index contributed by atoms with van der Waals surface area (Å²) >= 11 is 0. The molecule has 0 aliphatic carbocycles. The van der Waals surface area contributed by atoms with Crippen LogP contribution < -0.4 is 15.8 Å². The average molecular weight is 331 g/mol. The van der Waals surface area contributed by atoms with Crippen molar-refractivity contribution in [2.75, 3.05) is 19.7 Å².